The molecule has 9 heteroatoms. The van der Waals surface area contributed by atoms with E-state index in [0.29, 0.717) is 11.4 Å². The summed E-state index contributed by atoms with van der Waals surface area (Å²) in [7, 11) is -2.57. The number of benzene rings is 2. The fourth-order valence-electron chi connectivity index (χ4n) is 2.42. The summed E-state index contributed by atoms with van der Waals surface area (Å²) in [5.41, 5.74) is 3.45. The fraction of sp³-hybridized carbons (Fsp3) is 0.0526. The number of sulfonamides is 1. The lowest BCUT2D eigenvalue weighted by Gasteiger charge is -2.11. The van der Waals surface area contributed by atoms with E-state index in [1.807, 2.05) is 6.07 Å². The summed E-state index contributed by atoms with van der Waals surface area (Å²) < 4.78 is 30.7. The second-order valence-corrected chi connectivity index (χ2v) is 7.39. The third-order valence-electron chi connectivity index (χ3n) is 3.86. The number of hydrazine groups is 1. The second kappa shape index (κ2) is 8.07. The number of nitrogens with zero attached hydrogens (tertiary/aromatic N) is 1. The molecule has 0 bridgehead atoms. The number of hydrogen-bond donors (Lipinski definition) is 2. The van der Waals surface area contributed by atoms with E-state index in [9.17, 15) is 18.0 Å². The average Bonchev–Trinajstić information content (AvgIpc) is 2.73. The van der Waals surface area contributed by atoms with Crippen LogP contribution in [-0.2, 0) is 14.8 Å². The van der Waals surface area contributed by atoms with Crippen LogP contribution in [0.3, 0.4) is 0 Å². The quantitative estimate of drug-likeness (QED) is 0.485. The Kier molecular flexibility index (Phi) is 5.57. The van der Waals surface area contributed by atoms with E-state index in [1.54, 1.807) is 24.3 Å². The monoisotopic (exact) mass is 399 g/mol. The van der Waals surface area contributed by atoms with Crippen molar-refractivity contribution in [3.8, 4) is 5.69 Å². The lowest BCUT2D eigenvalue weighted by atomic mass is 10.2. The minimum absolute atomic E-state index is 0.0110. The smallest absolute Gasteiger partial charge is 0.339 e. The Hall–Kier alpha value is -3.43. The summed E-state index contributed by atoms with van der Waals surface area (Å²) in [4.78, 5) is 26.0. The third-order valence-corrected chi connectivity index (χ3v) is 5.12. The third kappa shape index (κ3) is 4.27. The SMILES string of the molecule is COC(=O)c1ccc(=O)n(-c2ccc(S(=O)(=O)NNc3ccccc3)cc2)c1. The van der Waals surface area contributed by atoms with E-state index in [1.165, 1.54) is 54.3 Å². The summed E-state index contributed by atoms with van der Waals surface area (Å²) in [5, 5.41) is 0. The van der Waals surface area contributed by atoms with Gasteiger partial charge in [-0.15, -0.1) is 4.83 Å². The molecule has 0 saturated heterocycles. The first-order valence-electron chi connectivity index (χ1n) is 8.15. The summed E-state index contributed by atoms with van der Waals surface area (Å²) in [6.07, 6.45) is 1.34. The van der Waals surface area contributed by atoms with Crippen molar-refractivity contribution in [2.75, 3.05) is 12.5 Å². The zero-order valence-corrected chi connectivity index (χ0v) is 15.6. The van der Waals surface area contributed by atoms with Crippen LogP contribution in [0, 0.1) is 0 Å². The molecule has 3 rings (SSSR count). The van der Waals surface area contributed by atoms with Crippen LogP contribution in [0.25, 0.3) is 5.69 Å². The average molecular weight is 399 g/mol. The van der Waals surface area contributed by atoms with Gasteiger partial charge in [0.15, 0.2) is 0 Å². The lowest BCUT2D eigenvalue weighted by molar-refractivity contribution is 0.0600. The zero-order chi connectivity index (χ0) is 20.1. The molecule has 0 radical (unpaired) electrons. The molecule has 1 heterocycles. The van der Waals surface area contributed by atoms with Crippen LogP contribution in [0.1, 0.15) is 10.4 Å². The van der Waals surface area contributed by atoms with E-state index in [4.69, 9.17) is 0 Å². The number of anilines is 1. The van der Waals surface area contributed by atoms with Gasteiger partial charge in [-0.05, 0) is 42.5 Å². The molecule has 0 aliphatic heterocycles. The van der Waals surface area contributed by atoms with Gasteiger partial charge >= 0.3 is 5.97 Å². The Morgan fingerprint density at radius 1 is 0.964 bits per heavy atom. The maximum absolute atomic E-state index is 12.4. The number of aromatic nitrogens is 1. The normalized spacial score (nSPS) is 11.0. The number of ether oxygens (including phenoxy) is 1. The Balaban J connectivity index is 1.83. The van der Waals surface area contributed by atoms with Crippen LogP contribution >= 0.6 is 0 Å². The molecule has 0 aliphatic rings. The number of rotatable bonds is 6. The van der Waals surface area contributed by atoms with E-state index in [0.717, 1.165) is 0 Å². The van der Waals surface area contributed by atoms with Crippen molar-refractivity contribution in [1.82, 2.24) is 9.40 Å². The van der Waals surface area contributed by atoms with E-state index >= 15 is 0 Å². The molecule has 2 aromatic carbocycles. The maximum atomic E-state index is 12.4. The van der Waals surface area contributed by atoms with Gasteiger partial charge in [-0.1, -0.05) is 18.2 Å². The first kappa shape index (κ1) is 19.3. The molecule has 0 spiro atoms. The van der Waals surface area contributed by atoms with Crippen LogP contribution in [0.15, 0.2) is 82.6 Å². The number of esters is 1. The summed E-state index contributed by atoms with van der Waals surface area (Å²) in [6, 6.07) is 17.1. The van der Waals surface area contributed by atoms with Crippen molar-refractivity contribution in [2.24, 2.45) is 0 Å². The van der Waals surface area contributed by atoms with Gasteiger partial charge in [0, 0.05) is 23.6 Å². The molecule has 2 N–H and O–H groups in total. The van der Waals surface area contributed by atoms with Crippen molar-refractivity contribution >= 4 is 21.7 Å². The van der Waals surface area contributed by atoms with Crippen LogP contribution in [0.2, 0.25) is 0 Å². The van der Waals surface area contributed by atoms with Crippen molar-refractivity contribution in [2.45, 2.75) is 4.90 Å². The van der Waals surface area contributed by atoms with Gasteiger partial charge in [-0.25, -0.2) is 13.2 Å². The highest BCUT2D eigenvalue weighted by molar-refractivity contribution is 7.89. The van der Waals surface area contributed by atoms with Gasteiger partial charge < -0.3 is 10.2 Å². The van der Waals surface area contributed by atoms with Gasteiger partial charge in [0.05, 0.1) is 17.6 Å². The lowest BCUT2D eigenvalue weighted by Crippen LogP contribution is -2.29. The molecular weight excluding hydrogens is 382 g/mol. The Bertz CT molecular complexity index is 1140. The van der Waals surface area contributed by atoms with Crippen molar-refractivity contribution in [3.63, 3.8) is 0 Å². The number of methoxy groups -OCH3 is 1. The molecular formula is C19H17N3O5S. The first-order chi connectivity index (χ1) is 13.4. The zero-order valence-electron chi connectivity index (χ0n) is 14.8. The highest BCUT2D eigenvalue weighted by Crippen LogP contribution is 2.14. The van der Waals surface area contributed by atoms with Crippen LogP contribution < -0.4 is 15.8 Å². The number of hydrogen-bond acceptors (Lipinski definition) is 6. The van der Waals surface area contributed by atoms with Crippen molar-refractivity contribution < 1.29 is 17.9 Å². The minimum Gasteiger partial charge on any atom is -0.465 e. The molecule has 144 valence electrons. The maximum Gasteiger partial charge on any atom is 0.339 e. The second-order valence-electron chi connectivity index (χ2n) is 5.71. The molecule has 28 heavy (non-hydrogen) atoms. The summed E-state index contributed by atoms with van der Waals surface area (Å²) in [5.74, 6) is -0.580. The van der Waals surface area contributed by atoms with Crippen molar-refractivity contribution in [3.05, 3.63) is 88.8 Å². The molecule has 0 aliphatic carbocycles. The molecule has 0 saturated carbocycles. The van der Waals surface area contributed by atoms with E-state index < -0.39 is 16.0 Å². The fourth-order valence-corrected chi connectivity index (χ4v) is 3.28. The largest absolute Gasteiger partial charge is 0.465 e. The standard InChI is InChI=1S/C19H17N3O5S/c1-27-19(24)14-7-12-18(23)22(13-14)16-8-10-17(11-9-16)28(25,26)21-20-15-5-3-2-4-6-15/h2-13,20-21H,1H3. The number of pyridine rings is 1. The van der Waals surface area contributed by atoms with Crippen LogP contribution in [0.5, 0.6) is 0 Å². The predicted octanol–water partition coefficient (Wildman–Crippen LogP) is 1.93. The molecule has 3 aromatic rings. The number of para-hydroxylation sites is 1. The van der Waals surface area contributed by atoms with E-state index in [-0.39, 0.29) is 16.0 Å². The molecule has 8 nitrogen and oxygen atoms in total. The van der Waals surface area contributed by atoms with Crippen LogP contribution in [-0.4, -0.2) is 26.1 Å². The number of carbonyl (C=O) groups excluding carboxylic acids is 1. The van der Waals surface area contributed by atoms with E-state index in [2.05, 4.69) is 15.0 Å². The van der Waals surface area contributed by atoms with Crippen molar-refractivity contribution in [1.29, 1.82) is 0 Å². The highest BCUT2D eigenvalue weighted by atomic mass is 32.2. The summed E-state index contributed by atoms with van der Waals surface area (Å²) in [6.45, 7) is 0. The van der Waals surface area contributed by atoms with Gasteiger partial charge in [0.2, 0.25) is 0 Å². The molecule has 0 unspecified atom stereocenters. The van der Waals surface area contributed by atoms with Gasteiger partial charge in [0.1, 0.15) is 0 Å². The minimum atomic E-state index is -3.82. The van der Waals surface area contributed by atoms with Crippen LogP contribution in [0.4, 0.5) is 5.69 Å². The summed E-state index contributed by atoms with van der Waals surface area (Å²) >= 11 is 0. The molecule has 1 aromatic heterocycles. The predicted molar refractivity (Wildman–Crippen MR) is 104 cm³/mol. The Morgan fingerprint density at radius 3 is 2.29 bits per heavy atom. The van der Waals surface area contributed by atoms with Gasteiger partial charge in [-0.3, -0.25) is 9.36 Å². The Morgan fingerprint density at radius 2 is 1.64 bits per heavy atom. The molecule has 0 fully saturated rings. The van der Waals surface area contributed by atoms with Gasteiger partial charge in [-0.2, -0.15) is 0 Å². The number of nitrogens with one attached hydrogen (secondary N) is 2. The molecule has 0 amide bonds. The number of carbonyl (C=O) groups is 1. The van der Waals surface area contributed by atoms with Gasteiger partial charge in [0.25, 0.3) is 15.6 Å². The molecule has 0 atom stereocenters. The highest BCUT2D eigenvalue weighted by Gasteiger charge is 2.14. The first-order valence-corrected chi connectivity index (χ1v) is 9.63. The Labute approximate surface area is 161 Å². The topological polar surface area (TPSA) is 106 Å².